The Morgan fingerprint density at radius 1 is 1.42 bits per heavy atom. The van der Waals surface area contributed by atoms with Crippen LogP contribution >= 0.6 is 18.0 Å². The summed E-state index contributed by atoms with van der Waals surface area (Å²) in [6, 6.07) is 0. The molecule has 0 aromatic carbocycles. The Bertz CT molecular complexity index is 194. The number of rotatable bonds is 2. The molecule has 4 nitrogen and oxygen atoms in total. The van der Waals surface area contributed by atoms with E-state index in [1.54, 1.807) is 23.4 Å². The van der Waals surface area contributed by atoms with Gasteiger partial charge in [-0.3, -0.25) is 4.57 Å². The van der Waals surface area contributed by atoms with Gasteiger partial charge in [0.05, 0.1) is 13.2 Å². The Balaban J connectivity index is 2.60. The Kier molecular flexibility index (Phi) is 3.56. The summed E-state index contributed by atoms with van der Waals surface area (Å²) in [4.78, 5) is 0. The van der Waals surface area contributed by atoms with E-state index in [2.05, 4.69) is 0 Å². The van der Waals surface area contributed by atoms with Crippen molar-refractivity contribution in [2.24, 2.45) is 0 Å². The summed E-state index contributed by atoms with van der Waals surface area (Å²) < 4.78 is 20.3. The molecule has 0 radical (unpaired) electrons. The zero-order chi connectivity index (χ0) is 9.19. The lowest BCUT2D eigenvalue weighted by atomic mass is 10.5. The van der Waals surface area contributed by atoms with Crippen molar-refractivity contribution in [1.29, 1.82) is 0 Å². The molecule has 1 aliphatic heterocycles. The molecule has 1 atom stereocenters. The van der Waals surface area contributed by atoms with E-state index in [0.29, 0.717) is 26.3 Å². The lowest BCUT2D eigenvalue weighted by Crippen LogP contribution is -2.35. The van der Waals surface area contributed by atoms with Gasteiger partial charge < -0.3 is 4.74 Å². The second kappa shape index (κ2) is 4.07. The predicted octanol–water partition coefficient (Wildman–Crippen LogP) is 1.23. The first-order valence-electron chi connectivity index (χ1n) is 3.86. The molecule has 0 aliphatic carbocycles. The third kappa shape index (κ3) is 2.21. The van der Waals surface area contributed by atoms with Gasteiger partial charge in [0.1, 0.15) is 0 Å². The van der Waals surface area contributed by atoms with E-state index in [1.165, 1.54) is 0 Å². The van der Waals surface area contributed by atoms with Crippen LogP contribution in [0.1, 0.15) is 0 Å². The number of hydrogen-bond donors (Lipinski definition) is 0. The van der Waals surface area contributed by atoms with Crippen molar-refractivity contribution in [1.82, 2.24) is 9.34 Å². The van der Waals surface area contributed by atoms with Crippen LogP contribution in [0.3, 0.4) is 0 Å². The summed E-state index contributed by atoms with van der Waals surface area (Å²) in [6.07, 6.45) is 0. The van der Waals surface area contributed by atoms with Gasteiger partial charge in [0.25, 0.3) is 0 Å². The fraction of sp³-hybridized carbons (Fsp3) is 1.00. The largest absolute Gasteiger partial charge is 0.379 e. The average molecular weight is 213 g/mol. The van der Waals surface area contributed by atoms with Gasteiger partial charge in [-0.2, -0.15) is 0 Å². The van der Waals surface area contributed by atoms with Crippen LogP contribution in [0, 0.1) is 0 Å². The molecule has 1 heterocycles. The maximum Gasteiger partial charge on any atom is 0.304 e. The molecule has 1 aliphatic rings. The summed E-state index contributed by atoms with van der Waals surface area (Å²) in [6.45, 7) is -0.246. The van der Waals surface area contributed by atoms with E-state index in [4.69, 9.17) is 16.0 Å². The maximum atomic E-state index is 11.8. The van der Waals surface area contributed by atoms with E-state index < -0.39 is 6.80 Å². The molecular formula is C6H14ClN2O2P. The summed E-state index contributed by atoms with van der Waals surface area (Å²) in [5, 5.41) is 0. The molecule has 1 fully saturated rings. The second-order valence-electron chi connectivity index (χ2n) is 2.89. The minimum Gasteiger partial charge on any atom is -0.379 e. The van der Waals surface area contributed by atoms with E-state index in [0.717, 1.165) is 0 Å². The normalized spacial score (nSPS) is 25.7. The summed E-state index contributed by atoms with van der Waals surface area (Å²) in [7, 11) is 3.45. The molecule has 0 aromatic heterocycles. The Labute approximate surface area is 77.7 Å². The molecule has 1 rings (SSSR count). The SMILES string of the molecule is CN(C)P(=O)(Cl)N1CCOCC1. The van der Waals surface area contributed by atoms with Crippen molar-refractivity contribution in [3.63, 3.8) is 0 Å². The molecule has 0 amide bonds. The molecule has 12 heavy (non-hydrogen) atoms. The number of halogens is 1. The lowest BCUT2D eigenvalue weighted by Gasteiger charge is -2.33. The average Bonchev–Trinajstić information content (AvgIpc) is 2.06. The van der Waals surface area contributed by atoms with Gasteiger partial charge in [-0.05, 0) is 25.3 Å². The molecule has 72 valence electrons. The molecule has 1 saturated heterocycles. The van der Waals surface area contributed by atoms with Crippen molar-refractivity contribution in [2.75, 3.05) is 40.4 Å². The molecule has 0 aromatic rings. The number of nitrogens with zero attached hydrogens (tertiary/aromatic N) is 2. The van der Waals surface area contributed by atoms with Gasteiger partial charge in [-0.1, -0.05) is 0 Å². The Morgan fingerprint density at radius 2 is 1.92 bits per heavy atom. The van der Waals surface area contributed by atoms with Gasteiger partial charge in [-0.15, -0.1) is 0 Å². The zero-order valence-electron chi connectivity index (χ0n) is 7.36. The van der Waals surface area contributed by atoms with Crippen molar-refractivity contribution < 1.29 is 9.30 Å². The van der Waals surface area contributed by atoms with Crippen molar-refractivity contribution in [2.45, 2.75) is 0 Å². The van der Waals surface area contributed by atoms with Gasteiger partial charge in [0.2, 0.25) is 0 Å². The van der Waals surface area contributed by atoms with Crippen LogP contribution in [-0.2, 0) is 9.30 Å². The number of hydrogen-bond acceptors (Lipinski definition) is 2. The highest BCUT2D eigenvalue weighted by molar-refractivity contribution is 7.85. The minimum atomic E-state index is -2.78. The lowest BCUT2D eigenvalue weighted by molar-refractivity contribution is 0.0709. The predicted molar refractivity (Wildman–Crippen MR) is 49.5 cm³/mol. The summed E-state index contributed by atoms with van der Waals surface area (Å²) >= 11 is 5.90. The molecular weight excluding hydrogens is 199 g/mol. The standard InChI is InChI=1S/C6H14ClN2O2P/c1-8(2)12(7,10)9-3-5-11-6-4-9/h3-6H2,1-2H3. The smallest absolute Gasteiger partial charge is 0.304 e. The van der Waals surface area contributed by atoms with Crippen LogP contribution in [-0.4, -0.2) is 49.7 Å². The van der Waals surface area contributed by atoms with E-state index in [-0.39, 0.29) is 0 Å². The van der Waals surface area contributed by atoms with Crippen LogP contribution in [0.4, 0.5) is 0 Å². The monoisotopic (exact) mass is 212 g/mol. The fourth-order valence-electron chi connectivity index (χ4n) is 1.05. The van der Waals surface area contributed by atoms with Crippen LogP contribution in [0.15, 0.2) is 0 Å². The molecule has 0 N–H and O–H groups in total. The fourth-order valence-corrected chi connectivity index (χ4v) is 2.67. The van der Waals surface area contributed by atoms with Crippen LogP contribution in [0.2, 0.25) is 0 Å². The topological polar surface area (TPSA) is 32.8 Å². The minimum absolute atomic E-state index is 0.616. The van der Waals surface area contributed by atoms with Crippen molar-refractivity contribution in [3.05, 3.63) is 0 Å². The molecule has 0 spiro atoms. The third-order valence-corrected chi connectivity index (χ3v) is 5.46. The number of ether oxygens (including phenoxy) is 1. The van der Waals surface area contributed by atoms with Crippen molar-refractivity contribution in [3.8, 4) is 0 Å². The van der Waals surface area contributed by atoms with Gasteiger partial charge in [0.15, 0.2) is 0 Å². The Hall–Kier alpha value is 0.400. The highest BCUT2D eigenvalue weighted by Crippen LogP contribution is 2.56. The highest BCUT2D eigenvalue weighted by atomic mass is 35.7. The second-order valence-corrected chi connectivity index (χ2v) is 6.52. The number of morpholine rings is 1. The molecule has 0 bridgehead atoms. The first-order chi connectivity index (χ1) is 5.55. The Morgan fingerprint density at radius 3 is 2.33 bits per heavy atom. The molecule has 0 saturated carbocycles. The van der Waals surface area contributed by atoms with Crippen molar-refractivity contribution >= 4 is 18.0 Å². The highest BCUT2D eigenvalue weighted by Gasteiger charge is 2.31. The first kappa shape index (κ1) is 10.5. The van der Waals surface area contributed by atoms with E-state index >= 15 is 0 Å². The summed E-state index contributed by atoms with van der Waals surface area (Å²) in [5.74, 6) is 0. The maximum absolute atomic E-state index is 11.8. The molecule has 1 unspecified atom stereocenters. The van der Waals surface area contributed by atoms with Gasteiger partial charge >= 0.3 is 6.80 Å². The summed E-state index contributed by atoms with van der Waals surface area (Å²) in [5.41, 5.74) is 0. The van der Waals surface area contributed by atoms with Crippen LogP contribution < -0.4 is 0 Å². The van der Waals surface area contributed by atoms with Gasteiger partial charge in [0, 0.05) is 13.1 Å². The van der Waals surface area contributed by atoms with Crippen LogP contribution in [0.5, 0.6) is 0 Å². The zero-order valence-corrected chi connectivity index (χ0v) is 9.01. The van der Waals surface area contributed by atoms with E-state index in [1.807, 2.05) is 0 Å². The van der Waals surface area contributed by atoms with Gasteiger partial charge in [-0.25, -0.2) is 9.34 Å². The first-order valence-corrected chi connectivity index (χ1v) is 6.37. The molecule has 6 heteroatoms. The van der Waals surface area contributed by atoms with E-state index in [9.17, 15) is 4.57 Å². The third-order valence-electron chi connectivity index (χ3n) is 1.83. The quantitative estimate of drug-likeness (QED) is 0.645. The van der Waals surface area contributed by atoms with Crippen LogP contribution in [0.25, 0.3) is 0 Å².